The lowest BCUT2D eigenvalue weighted by Gasteiger charge is -2.50. The van der Waals surface area contributed by atoms with Crippen LogP contribution >= 0.6 is 0 Å². The van der Waals surface area contributed by atoms with Crippen LogP contribution in [0.15, 0.2) is 103 Å². The van der Waals surface area contributed by atoms with Gasteiger partial charge in [0.1, 0.15) is 0 Å². The molecular weight excluding hydrogens is 567 g/mol. The second-order valence-electron chi connectivity index (χ2n) is 15.6. The van der Waals surface area contributed by atoms with Gasteiger partial charge < -0.3 is 9.80 Å². The third kappa shape index (κ3) is 3.75. The number of hydrogen-bond acceptors (Lipinski definition) is 2. The van der Waals surface area contributed by atoms with Crippen molar-refractivity contribution in [2.45, 2.75) is 90.0 Å². The van der Waals surface area contributed by atoms with E-state index in [0.717, 1.165) is 0 Å². The molecule has 2 nitrogen and oxygen atoms in total. The van der Waals surface area contributed by atoms with Crippen LogP contribution in [0.1, 0.15) is 95.8 Å². The summed E-state index contributed by atoms with van der Waals surface area (Å²) in [4.78, 5) is 5.44. The first-order valence-electron chi connectivity index (χ1n) is 17.9. The van der Waals surface area contributed by atoms with E-state index in [9.17, 15) is 0 Å². The molecule has 0 amide bonds. The van der Waals surface area contributed by atoms with Gasteiger partial charge >= 0.3 is 0 Å². The summed E-state index contributed by atoms with van der Waals surface area (Å²) in [6.07, 6.45) is 5.01. The van der Waals surface area contributed by atoms with Gasteiger partial charge in [-0.3, -0.25) is 0 Å². The Bertz CT molecular complexity index is 2080. The number of nitrogens with zero attached hydrogens (tertiary/aromatic N) is 2. The second kappa shape index (κ2) is 10.1. The summed E-state index contributed by atoms with van der Waals surface area (Å²) >= 11 is 0. The van der Waals surface area contributed by atoms with Gasteiger partial charge in [-0.15, -0.1) is 0 Å². The maximum Gasteiger partial charge on any atom is 0.248 e. The third-order valence-electron chi connectivity index (χ3n) is 12.6. The van der Waals surface area contributed by atoms with E-state index in [-0.39, 0.29) is 17.7 Å². The lowest BCUT2D eigenvalue weighted by molar-refractivity contribution is 0.195. The highest BCUT2D eigenvalue weighted by atomic mass is 15.3. The molecule has 2 unspecified atom stereocenters. The van der Waals surface area contributed by atoms with E-state index in [1.165, 1.54) is 98.3 Å². The highest BCUT2D eigenvalue weighted by Crippen LogP contribution is 2.61. The summed E-state index contributed by atoms with van der Waals surface area (Å²) in [5, 5.41) is 0. The summed E-state index contributed by atoms with van der Waals surface area (Å²) < 4.78 is 0. The molecule has 3 heteroatoms. The average Bonchev–Trinajstić information content (AvgIpc) is 3.52. The molecule has 0 aromatic heterocycles. The van der Waals surface area contributed by atoms with E-state index in [4.69, 9.17) is 0 Å². The van der Waals surface area contributed by atoms with Crippen molar-refractivity contribution in [2.24, 2.45) is 0 Å². The van der Waals surface area contributed by atoms with Gasteiger partial charge in [-0.05, 0) is 94.6 Å². The minimum atomic E-state index is 0.00372. The Morgan fingerprint density at radius 1 is 0.617 bits per heavy atom. The predicted molar refractivity (Wildman–Crippen MR) is 202 cm³/mol. The Balaban J connectivity index is 1.40. The molecule has 9 rings (SSSR count). The molecule has 47 heavy (non-hydrogen) atoms. The first-order valence-corrected chi connectivity index (χ1v) is 17.9. The fourth-order valence-corrected chi connectivity index (χ4v) is 10.1. The Hall–Kier alpha value is -4.24. The van der Waals surface area contributed by atoms with Crippen LogP contribution < -0.4 is 26.2 Å². The molecule has 234 valence electrons. The van der Waals surface area contributed by atoms with Crippen LogP contribution in [0, 0.1) is 0 Å². The Morgan fingerprint density at radius 2 is 1.28 bits per heavy atom. The van der Waals surface area contributed by atoms with E-state index < -0.39 is 0 Å². The average molecular weight is 613 g/mol. The number of anilines is 5. The van der Waals surface area contributed by atoms with E-state index >= 15 is 0 Å². The molecule has 0 bridgehead atoms. The van der Waals surface area contributed by atoms with Crippen molar-refractivity contribution in [2.75, 3.05) is 9.80 Å². The second-order valence-corrected chi connectivity index (χ2v) is 15.6. The fraction of sp³-hybridized carbons (Fsp3) is 0.318. The quantitative estimate of drug-likeness (QED) is 0.183. The van der Waals surface area contributed by atoms with E-state index in [1.54, 1.807) is 0 Å². The van der Waals surface area contributed by atoms with Crippen LogP contribution in [0.5, 0.6) is 0 Å². The van der Waals surface area contributed by atoms with Gasteiger partial charge in [0.05, 0.1) is 5.54 Å². The highest BCUT2D eigenvalue weighted by molar-refractivity contribution is 7.01. The monoisotopic (exact) mass is 612 g/mol. The molecular formula is C44H45BN2. The molecule has 2 atom stereocenters. The Morgan fingerprint density at radius 3 is 2.09 bits per heavy atom. The number of para-hydroxylation sites is 3. The van der Waals surface area contributed by atoms with Crippen molar-refractivity contribution < 1.29 is 0 Å². The summed E-state index contributed by atoms with van der Waals surface area (Å²) in [5.74, 6) is 0.797. The highest BCUT2D eigenvalue weighted by Gasteiger charge is 2.58. The largest absolute Gasteiger partial charge is 0.334 e. The molecule has 0 N–H and O–H groups in total. The summed E-state index contributed by atoms with van der Waals surface area (Å²) in [7, 11) is 0. The van der Waals surface area contributed by atoms with Gasteiger partial charge in [-0.25, -0.2) is 0 Å². The normalized spacial score (nSPS) is 21.9. The van der Waals surface area contributed by atoms with E-state index in [1.807, 2.05) is 0 Å². The van der Waals surface area contributed by atoms with Gasteiger partial charge in [0, 0.05) is 33.9 Å². The number of fused-ring (bicyclic) bond motifs is 8. The van der Waals surface area contributed by atoms with Crippen LogP contribution in [-0.4, -0.2) is 12.3 Å². The summed E-state index contributed by atoms with van der Waals surface area (Å²) in [5.41, 5.74) is 18.3. The SMILES string of the molecule is CC(C)c1ccccc1N1c2cc(N3c4ccccc4C4(C)CCCCC34C)cc3c2B(c2ccccc2-3)c2cccc(C(C)C)c21. The molecule has 0 saturated heterocycles. The van der Waals surface area contributed by atoms with Gasteiger partial charge in [-0.2, -0.15) is 0 Å². The standard InChI is InChI=1S/C44H45BN2/c1-28(2)31-16-8-11-22-38(31)46-40-27-30(47-39-23-12-9-19-35(39)43(5)24-13-14-25-44(43,47)6)26-34-33-17-7-10-20-36(33)45(41(34)40)37-21-15-18-32(29(3)4)42(37)46/h7-12,15-23,26-29H,13-14,24-25H2,1-6H3. The molecule has 1 fully saturated rings. The van der Waals surface area contributed by atoms with Crippen LogP contribution in [0.4, 0.5) is 28.4 Å². The van der Waals surface area contributed by atoms with Crippen molar-refractivity contribution >= 4 is 51.5 Å². The lowest BCUT2D eigenvalue weighted by Crippen LogP contribution is -2.56. The van der Waals surface area contributed by atoms with Crippen molar-refractivity contribution in [3.8, 4) is 11.1 Å². The molecule has 3 heterocycles. The zero-order valence-electron chi connectivity index (χ0n) is 28.8. The minimum absolute atomic E-state index is 0.00372. The zero-order chi connectivity index (χ0) is 32.2. The van der Waals surface area contributed by atoms with Gasteiger partial charge in [0.25, 0.3) is 0 Å². The Kier molecular flexibility index (Phi) is 6.24. The summed E-state index contributed by atoms with van der Waals surface area (Å²) in [6.45, 7) is 14.7. The predicted octanol–water partition coefficient (Wildman–Crippen LogP) is 9.96. The molecule has 5 aromatic rings. The topological polar surface area (TPSA) is 6.48 Å². The minimum Gasteiger partial charge on any atom is -0.334 e. The lowest BCUT2D eigenvalue weighted by atomic mass is 9.37. The van der Waals surface area contributed by atoms with Crippen molar-refractivity contribution in [1.29, 1.82) is 0 Å². The maximum absolute atomic E-state index is 2.77. The first-order chi connectivity index (χ1) is 22.7. The van der Waals surface area contributed by atoms with Gasteiger partial charge in [0.2, 0.25) is 6.71 Å². The van der Waals surface area contributed by atoms with Crippen LogP contribution in [0.2, 0.25) is 0 Å². The smallest absolute Gasteiger partial charge is 0.248 e. The molecule has 0 spiro atoms. The van der Waals surface area contributed by atoms with E-state index in [0.29, 0.717) is 11.8 Å². The van der Waals surface area contributed by atoms with E-state index in [2.05, 4.69) is 154 Å². The Labute approximate surface area is 281 Å². The maximum atomic E-state index is 2.77. The fourth-order valence-electron chi connectivity index (χ4n) is 10.1. The van der Waals surface area contributed by atoms with Crippen molar-refractivity contribution in [1.82, 2.24) is 0 Å². The first kappa shape index (κ1) is 28.9. The molecule has 1 aliphatic carbocycles. The van der Waals surface area contributed by atoms with Crippen LogP contribution in [-0.2, 0) is 5.41 Å². The molecule has 3 aliphatic heterocycles. The zero-order valence-corrected chi connectivity index (χ0v) is 28.8. The van der Waals surface area contributed by atoms with Gasteiger partial charge in [0.15, 0.2) is 0 Å². The van der Waals surface area contributed by atoms with Gasteiger partial charge in [-0.1, -0.05) is 132 Å². The van der Waals surface area contributed by atoms with Crippen molar-refractivity contribution in [3.63, 3.8) is 0 Å². The molecule has 5 aromatic carbocycles. The number of benzene rings is 5. The van der Waals surface area contributed by atoms with Crippen LogP contribution in [0.3, 0.4) is 0 Å². The molecule has 1 saturated carbocycles. The molecule has 0 radical (unpaired) electrons. The molecule has 4 aliphatic rings. The number of hydrogen-bond donors (Lipinski definition) is 0. The number of rotatable bonds is 4. The third-order valence-corrected chi connectivity index (χ3v) is 12.6. The van der Waals surface area contributed by atoms with Crippen LogP contribution in [0.25, 0.3) is 11.1 Å². The van der Waals surface area contributed by atoms with Crippen molar-refractivity contribution in [3.05, 3.63) is 120 Å². The summed E-state index contributed by atoms with van der Waals surface area (Å²) in [6, 6.07) is 39.9.